The number of aromatic amines is 1. The van der Waals surface area contributed by atoms with Crippen LogP contribution in [0.3, 0.4) is 0 Å². The van der Waals surface area contributed by atoms with E-state index >= 15 is 0 Å². The van der Waals surface area contributed by atoms with E-state index in [-0.39, 0.29) is 11.8 Å². The van der Waals surface area contributed by atoms with Crippen molar-refractivity contribution in [1.29, 1.82) is 0 Å². The summed E-state index contributed by atoms with van der Waals surface area (Å²) in [6.45, 7) is 0.960. The van der Waals surface area contributed by atoms with Crippen molar-refractivity contribution in [2.45, 2.75) is 31.6 Å². The van der Waals surface area contributed by atoms with Gasteiger partial charge in [0.2, 0.25) is 0 Å². The minimum atomic E-state index is -0.769. The average Bonchev–Trinajstić information content (AvgIpc) is 3.21. The molecule has 0 atom stereocenters. The lowest BCUT2D eigenvalue weighted by molar-refractivity contribution is -0.143. The van der Waals surface area contributed by atoms with Gasteiger partial charge in [0, 0.05) is 19.0 Å². The Balaban J connectivity index is 1.69. The molecule has 1 aromatic rings. The van der Waals surface area contributed by atoms with Gasteiger partial charge in [-0.1, -0.05) is 0 Å². The monoisotopic (exact) mass is 341 g/mol. The lowest BCUT2D eigenvalue weighted by Crippen LogP contribution is -2.40. The Morgan fingerprint density at radius 1 is 1.25 bits per heavy atom. The summed E-state index contributed by atoms with van der Waals surface area (Å²) < 4.78 is 0.769. The summed E-state index contributed by atoms with van der Waals surface area (Å²) in [5, 5.41) is 16.0. The minimum Gasteiger partial charge on any atom is -0.481 e. The number of H-pyrrole nitrogens is 1. The van der Waals surface area contributed by atoms with Crippen molar-refractivity contribution in [3.05, 3.63) is 15.9 Å². The van der Waals surface area contributed by atoms with Crippen LogP contribution in [0.5, 0.6) is 0 Å². The van der Waals surface area contributed by atoms with Gasteiger partial charge in [-0.15, -0.1) is 0 Å². The number of aromatic nitrogens is 2. The zero-order valence-electron chi connectivity index (χ0n) is 10.9. The number of carbonyl (C=O) groups is 2. The highest BCUT2D eigenvalue weighted by atomic mass is 79.9. The Kier molecular flexibility index (Phi) is 3.54. The molecule has 1 aromatic heterocycles. The number of rotatable bonds is 3. The Bertz CT molecular complexity index is 545. The van der Waals surface area contributed by atoms with E-state index in [2.05, 4.69) is 26.1 Å². The lowest BCUT2D eigenvalue weighted by Gasteiger charge is -2.29. The van der Waals surface area contributed by atoms with E-state index in [4.69, 9.17) is 5.11 Å². The van der Waals surface area contributed by atoms with Crippen molar-refractivity contribution in [3.63, 3.8) is 0 Å². The summed E-state index contributed by atoms with van der Waals surface area (Å²) in [5.74, 6) is -0.724. The fourth-order valence-electron chi connectivity index (χ4n) is 2.61. The van der Waals surface area contributed by atoms with Gasteiger partial charge in [-0.05, 0) is 41.6 Å². The van der Waals surface area contributed by atoms with Crippen LogP contribution in [0.4, 0.5) is 0 Å². The number of likely N-dealkylation sites (tertiary alicyclic amines) is 1. The molecular formula is C13H16BrN3O3. The summed E-state index contributed by atoms with van der Waals surface area (Å²) in [4.78, 5) is 25.0. The number of amides is 1. The zero-order valence-corrected chi connectivity index (χ0v) is 12.5. The van der Waals surface area contributed by atoms with Gasteiger partial charge in [0.1, 0.15) is 0 Å². The van der Waals surface area contributed by atoms with E-state index in [0.29, 0.717) is 37.5 Å². The van der Waals surface area contributed by atoms with Crippen molar-refractivity contribution in [3.8, 4) is 0 Å². The highest BCUT2D eigenvalue weighted by molar-refractivity contribution is 9.10. The standard InChI is InChI=1S/C13H16BrN3O3/c14-9-10(7-1-2-7)15-16-11(9)12(18)17-5-3-8(4-6-17)13(19)20/h7-8H,1-6H2,(H,15,16)(H,19,20). The molecule has 0 aromatic carbocycles. The van der Waals surface area contributed by atoms with Crippen molar-refractivity contribution in [1.82, 2.24) is 15.1 Å². The molecule has 1 saturated heterocycles. The molecule has 0 radical (unpaired) electrons. The predicted molar refractivity (Wildman–Crippen MR) is 74.5 cm³/mol. The third-order valence-electron chi connectivity index (χ3n) is 4.05. The van der Waals surface area contributed by atoms with Crippen LogP contribution in [0.1, 0.15) is 47.8 Å². The van der Waals surface area contributed by atoms with Crippen LogP contribution in [0.15, 0.2) is 4.47 Å². The van der Waals surface area contributed by atoms with Gasteiger partial charge in [-0.25, -0.2) is 0 Å². The van der Waals surface area contributed by atoms with Crippen molar-refractivity contribution in [2.75, 3.05) is 13.1 Å². The van der Waals surface area contributed by atoms with E-state index in [1.807, 2.05) is 0 Å². The van der Waals surface area contributed by atoms with Crippen LogP contribution in [-0.4, -0.2) is 45.2 Å². The summed E-state index contributed by atoms with van der Waals surface area (Å²) in [5.41, 5.74) is 1.43. The molecule has 0 unspecified atom stereocenters. The SMILES string of the molecule is O=C(O)C1CCN(C(=O)c2n[nH]c(C3CC3)c2Br)CC1. The van der Waals surface area contributed by atoms with Gasteiger partial charge in [0.25, 0.3) is 5.91 Å². The van der Waals surface area contributed by atoms with Crippen LogP contribution in [-0.2, 0) is 4.79 Å². The second-order valence-electron chi connectivity index (χ2n) is 5.48. The topological polar surface area (TPSA) is 86.3 Å². The molecule has 0 bridgehead atoms. The number of nitrogens with zero attached hydrogens (tertiary/aromatic N) is 2. The van der Waals surface area contributed by atoms with Crippen LogP contribution < -0.4 is 0 Å². The number of halogens is 1. The number of hydrogen-bond donors (Lipinski definition) is 2. The van der Waals surface area contributed by atoms with Gasteiger partial charge in [-0.3, -0.25) is 14.7 Å². The largest absolute Gasteiger partial charge is 0.481 e. The Morgan fingerprint density at radius 3 is 2.45 bits per heavy atom. The van der Waals surface area contributed by atoms with E-state index in [0.717, 1.165) is 23.0 Å². The molecule has 1 amide bonds. The molecule has 6 nitrogen and oxygen atoms in total. The number of carbonyl (C=O) groups excluding carboxylic acids is 1. The van der Waals surface area contributed by atoms with Crippen LogP contribution in [0.2, 0.25) is 0 Å². The molecule has 3 rings (SSSR count). The molecule has 2 fully saturated rings. The number of nitrogens with one attached hydrogen (secondary N) is 1. The molecule has 7 heteroatoms. The Morgan fingerprint density at radius 2 is 1.90 bits per heavy atom. The lowest BCUT2D eigenvalue weighted by atomic mass is 9.97. The Hall–Kier alpha value is -1.37. The predicted octanol–water partition coefficient (Wildman–Crippen LogP) is 1.99. The van der Waals surface area contributed by atoms with Crippen LogP contribution in [0.25, 0.3) is 0 Å². The number of hydrogen-bond acceptors (Lipinski definition) is 3. The number of aliphatic carboxylic acids is 1. The first-order valence-corrected chi connectivity index (χ1v) is 7.63. The fourth-order valence-corrected chi connectivity index (χ4v) is 3.28. The van der Waals surface area contributed by atoms with E-state index in [9.17, 15) is 9.59 Å². The molecule has 1 aliphatic heterocycles. The zero-order chi connectivity index (χ0) is 14.3. The maximum absolute atomic E-state index is 12.4. The molecule has 1 saturated carbocycles. The van der Waals surface area contributed by atoms with Crippen LogP contribution >= 0.6 is 15.9 Å². The molecular weight excluding hydrogens is 326 g/mol. The highest BCUT2D eigenvalue weighted by Gasteiger charge is 2.33. The quantitative estimate of drug-likeness (QED) is 0.880. The van der Waals surface area contributed by atoms with Crippen LogP contribution in [0, 0.1) is 5.92 Å². The fraction of sp³-hybridized carbons (Fsp3) is 0.615. The van der Waals surface area contributed by atoms with Crippen molar-refractivity contribution in [2.24, 2.45) is 5.92 Å². The summed E-state index contributed by atoms with van der Waals surface area (Å²) >= 11 is 3.46. The van der Waals surface area contributed by atoms with Gasteiger partial charge in [0.05, 0.1) is 16.1 Å². The first-order valence-electron chi connectivity index (χ1n) is 6.83. The van der Waals surface area contributed by atoms with Gasteiger partial charge in [0.15, 0.2) is 5.69 Å². The molecule has 0 spiro atoms. The number of piperidine rings is 1. The van der Waals surface area contributed by atoms with E-state index in [1.165, 1.54) is 0 Å². The second-order valence-corrected chi connectivity index (χ2v) is 6.27. The number of carboxylic acids is 1. The summed E-state index contributed by atoms with van der Waals surface area (Å²) in [6, 6.07) is 0. The molecule has 1 aliphatic carbocycles. The average molecular weight is 342 g/mol. The van der Waals surface area contributed by atoms with Crippen molar-refractivity contribution < 1.29 is 14.7 Å². The maximum atomic E-state index is 12.4. The highest BCUT2D eigenvalue weighted by Crippen LogP contribution is 2.43. The second kappa shape index (κ2) is 5.20. The van der Waals surface area contributed by atoms with E-state index < -0.39 is 5.97 Å². The third-order valence-corrected chi connectivity index (χ3v) is 4.85. The van der Waals surface area contributed by atoms with E-state index in [1.54, 1.807) is 4.90 Å². The molecule has 20 heavy (non-hydrogen) atoms. The molecule has 2 aliphatic rings. The van der Waals surface area contributed by atoms with Gasteiger partial charge < -0.3 is 10.0 Å². The van der Waals surface area contributed by atoms with Crippen molar-refractivity contribution >= 4 is 27.8 Å². The number of carboxylic acid groups (broad SMARTS) is 1. The third kappa shape index (κ3) is 2.46. The van der Waals surface area contributed by atoms with Gasteiger partial charge in [-0.2, -0.15) is 5.10 Å². The normalized spacial score (nSPS) is 20.1. The smallest absolute Gasteiger partial charge is 0.306 e. The first-order chi connectivity index (χ1) is 9.58. The maximum Gasteiger partial charge on any atom is 0.306 e. The molecule has 2 heterocycles. The first kappa shape index (κ1) is 13.6. The Labute approximate surface area is 124 Å². The molecule has 108 valence electrons. The minimum absolute atomic E-state index is 0.121. The summed E-state index contributed by atoms with van der Waals surface area (Å²) in [6.07, 6.45) is 3.30. The molecule has 2 N–H and O–H groups in total. The van der Waals surface area contributed by atoms with Gasteiger partial charge >= 0.3 is 5.97 Å². The summed E-state index contributed by atoms with van der Waals surface area (Å²) in [7, 11) is 0.